The Balaban J connectivity index is 1.72. The Bertz CT molecular complexity index is 740. The van der Waals surface area contributed by atoms with E-state index in [2.05, 4.69) is 53.6 Å². The molecule has 2 N–H and O–H groups in total. The molecule has 0 spiro atoms. The molecule has 1 aromatic heterocycles. The van der Waals surface area contributed by atoms with Gasteiger partial charge in [-0.2, -0.15) is 0 Å². The van der Waals surface area contributed by atoms with Crippen LogP contribution in [0.4, 0.5) is 0 Å². The Kier molecular flexibility index (Phi) is 4.29. The maximum absolute atomic E-state index is 5.71. The summed E-state index contributed by atoms with van der Waals surface area (Å²) in [5, 5.41) is 2.46. The zero-order chi connectivity index (χ0) is 17.2. The topological polar surface area (TPSA) is 64.3 Å². The number of aromatic nitrogens is 2. The van der Waals surface area contributed by atoms with Gasteiger partial charge in [0.15, 0.2) is 5.75 Å². The van der Waals surface area contributed by atoms with E-state index in [9.17, 15) is 0 Å². The Morgan fingerprint density at radius 1 is 0.958 bits per heavy atom. The molecule has 128 valence electrons. The third-order valence-corrected chi connectivity index (χ3v) is 3.95. The molecule has 3 aromatic rings. The second kappa shape index (κ2) is 6.39. The minimum Gasteiger partial charge on any atom is -0.491 e. The van der Waals surface area contributed by atoms with E-state index in [0.29, 0.717) is 5.75 Å². The molecule has 0 aliphatic rings. The Labute approximate surface area is 141 Å². The van der Waals surface area contributed by atoms with Crippen molar-refractivity contribution in [2.75, 3.05) is 5.59 Å². The first kappa shape index (κ1) is 16.1. The number of ether oxygens (including phenoxy) is 1. The van der Waals surface area contributed by atoms with Crippen molar-refractivity contribution in [3.63, 3.8) is 0 Å². The molecule has 0 amide bonds. The number of rotatable bonds is 7. The Morgan fingerprint density at radius 2 is 1.46 bits per heavy atom. The number of H-pyrrole nitrogens is 1. The highest BCUT2D eigenvalue weighted by Crippen LogP contribution is 2.33. The van der Waals surface area contributed by atoms with Crippen LogP contribution in [0.15, 0.2) is 53.2 Å². The van der Waals surface area contributed by atoms with E-state index in [1.165, 1.54) is 16.1 Å². The number of hydrogen-bond acceptors (Lipinski definition) is 4. The fourth-order valence-electron chi connectivity index (χ4n) is 2.48. The molecule has 0 aliphatic carbocycles. The van der Waals surface area contributed by atoms with Crippen LogP contribution in [-0.4, -0.2) is 16.3 Å². The van der Waals surface area contributed by atoms with Gasteiger partial charge in [0.1, 0.15) is 5.75 Å². The van der Waals surface area contributed by atoms with Crippen molar-refractivity contribution < 1.29 is 14.2 Å². The minimum absolute atomic E-state index is 0.118. The van der Waals surface area contributed by atoms with Gasteiger partial charge in [-0.3, -0.25) is 0 Å². The lowest BCUT2D eigenvalue weighted by Crippen LogP contribution is -2.19. The zero-order valence-electron chi connectivity index (χ0n) is 14.4. The second-order valence-electron chi connectivity index (χ2n) is 6.51. The molecule has 0 saturated carbocycles. The van der Waals surface area contributed by atoms with Crippen LogP contribution in [0.25, 0.3) is 0 Å². The first-order chi connectivity index (χ1) is 11.4. The van der Waals surface area contributed by atoms with Gasteiger partial charge in [0.25, 0.3) is 0 Å². The van der Waals surface area contributed by atoms with Gasteiger partial charge in [-0.15, -0.1) is 5.59 Å². The molecule has 0 fully saturated rings. The van der Waals surface area contributed by atoms with Gasteiger partial charge in [-0.05, 0) is 49.2 Å². The Hall–Kier alpha value is -2.76. The molecule has 1 heterocycles. The van der Waals surface area contributed by atoms with Crippen LogP contribution in [0.5, 0.6) is 11.5 Å². The van der Waals surface area contributed by atoms with E-state index < -0.39 is 0 Å². The molecular weight excluding hydrogens is 306 g/mol. The molecular formula is C18H23N3O3. The van der Waals surface area contributed by atoms with Crippen LogP contribution in [0.3, 0.4) is 0 Å². The lowest BCUT2D eigenvalue weighted by molar-refractivity contribution is 0.242. The van der Waals surface area contributed by atoms with Gasteiger partial charge >= 0.3 is 0 Å². The van der Waals surface area contributed by atoms with Gasteiger partial charge in [0, 0.05) is 10.4 Å². The van der Waals surface area contributed by atoms with Crippen molar-refractivity contribution in [1.29, 1.82) is 0 Å². The van der Waals surface area contributed by atoms with E-state index in [4.69, 9.17) is 9.57 Å². The first-order valence-electron chi connectivity index (χ1n) is 7.98. The standard InChI is InChI=1S/C18H23N3O3/c1-13(2)22-16-9-5-14(6-10-16)18(3,4)15-7-11-17(12-8-15)23-19-21-20-24-21/h5-13,19-20H,1-4H3. The van der Waals surface area contributed by atoms with E-state index in [-0.39, 0.29) is 11.5 Å². The lowest BCUT2D eigenvalue weighted by Gasteiger charge is -2.26. The van der Waals surface area contributed by atoms with Crippen molar-refractivity contribution in [3.05, 3.63) is 59.7 Å². The molecule has 0 unspecified atom stereocenters. The van der Waals surface area contributed by atoms with Gasteiger partial charge in [0.05, 0.1) is 6.10 Å². The van der Waals surface area contributed by atoms with Crippen molar-refractivity contribution in [2.45, 2.75) is 39.2 Å². The summed E-state index contributed by atoms with van der Waals surface area (Å²) in [5.41, 5.74) is 4.88. The number of benzene rings is 2. The van der Waals surface area contributed by atoms with E-state index >= 15 is 0 Å². The molecule has 0 aliphatic heterocycles. The van der Waals surface area contributed by atoms with E-state index in [1.807, 2.05) is 38.1 Å². The maximum Gasteiger partial charge on any atom is 0.157 e. The normalized spacial score (nSPS) is 11.7. The highest BCUT2D eigenvalue weighted by atomic mass is 16.8. The summed E-state index contributed by atoms with van der Waals surface area (Å²) in [6, 6.07) is 16.2. The SMILES string of the molecule is CC(C)Oc1ccc(C(C)(C)c2ccc(ONn3[nH]o3)cc2)cc1. The monoisotopic (exact) mass is 329 g/mol. The van der Waals surface area contributed by atoms with E-state index in [0.717, 1.165) is 5.75 Å². The highest BCUT2D eigenvalue weighted by Gasteiger charge is 2.23. The smallest absolute Gasteiger partial charge is 0.157 e. The zero-order valence-corrected chi connectivity index (χ0v) is 14.4. The minimum atomic E-state index is -0.118. The van der Waals surface area contributed by atoms with Gasteiger partial charge in [-0.25, -0.2) is 4.63 Å². The molecule has 0 radical (unpaired) electrons. The first-order valence-corrected chi connectivity index (χ1v) is 7.98. The Morgan fingerprint density at radius 3 is 1.92 bits per heavy atom. The predicted molar refractivity (Wildman–Crippen MR) is 91.8 cm³/mol. The predicted octanol–water partition coefficient (Wildman–Crippen LogP) is 4.06. The van der Waals surface area contributed by atoms with Crippen molar-refractivity contribution in [2.24, 2.45) is 0 Å². The van der Waals surface area contributed by atoms with Gasteiger partial charge in [-0.1, -0.05) is 43.4 Å². The van der Waals surface area contributed by atoms with Crippen molar-refractivity contribution in [3.8, 4) is 11.5 Å². The van der Waals surface area contributed by atoms with Crippen molar-refractivity contribution >= 4 is 0 Å². The second-order valence-corrected chi connectivity index (χ2v) is 6.51. The summed E-state index contributed by atoms with van der Waals surface area (Å²) in [4.78, 5) is 6.58. The van der Waals surface area contributed by atoms with E-state index in [1.54, 1.807) is 0 Å². The van der Waals surface area contributed by atoms with Crippen LogP contribution >= 0.6 is 0 Å². The van der Waals surface area contributed by atoms with Crippen LogP contribution < -0.4 is 15.2 Å². The lowest BCUT2D eigenvalue weighted by atomic mass is 9.78. The summed E-state index contributed by atoms with van der Waals surface area (Å²) in [7, 11) is 0. The molecule has 6 nitrogen and oxygen atoms in total. The quantitative estimate of drug-likeness (QED) is 0.642. The summed E-state index contributed by atoms with van der Waals surface area (Å²) in [6.45, 7) is 8.46. The average Bonchev–Trinajstić information content (AvgIpc) is 3.38. The third kappa shape index (κ3) is 3.76. The van der Waals surface area contributed by atoms with Crippen LogP contribution in [0.2, 0.25) is 0 Å². The summed E-state index contributed by atoms with van der Waals surface area (Å²) in [5.74, 6) is 1.60. The largest absolute Gasteiger partial charge is 0.491 e. The molecule has 0 bridgehead atoms. The summed E-state index contributed by atoms with van der Waals surface area (Å²) < 4.78 is 10.3. The van der Waals surface area contributed by atoms with Gasteiger partial charge < -0.3 is 9.57 Å². The van der Waals surface area contributed by atoms with Crippen molar-refractivity contribution in [1.82, 2.24) is 10.2 Å². The summed E-state index contributed by atoms with van der Waals surface area (Å²) >= 11 is 0. The number of aromatic amines is 1. The molecule has 2 aromatic carbocycles. The fraction of sp³-hybridized carbons (Fsp3) is 0.333. The van der Waals surface area contributed by atoms with Crippen LogP contribution in [0, 0.1) is 0 Å². The molecule has 0 atom stereocenters. The maximum atomic E-state index is 5.71. The molecule has 6 heteroatoms. The summed E-state index contributed by atoms with van der Waals surface area (Å²) in [6.07, 6.45) is 0.178. The average molecular weight is 329 g/mol. The number of nitrogens with one attached hydrogen (secondary N) is 2. The molecule has 24 heavy (non-hydrogen) atoms. The molecule has 0 saturated heterocycles. The highest BCUT2D eigenvalue weighted by molar-refractivity contribution is 5.41. The molecule has 3 rings (SSSR count). The van der Waals surface area contributed by atoms with Crippen LogP contribution in [-0.2, 0) is 5.41 Å². The number of nitrogens with zero attached hydrogens (tertiary/aromatic N) is 1. The third-order valence-electron chi connectivity index (χ3n) is 3.95. The number of hydrogen-bond donors (Lipinski definition) is 2. The van der Waals surface area contributed by atoms with Crippen LogP contribution in [0.1, 0.15) is 38.8 Å². The fourth-order valence-corrected chi connectivity index (χ4v) is 2.48. The van der Waals surface area contributed by atoms with Gasteiger partial charge in [0.2, 0.25) is 0 Å².